The Bertz CT molecular complexity index is 691. The van der Waals surface area contributed by atoms with Gasteiger partial charge in [-0.25, -0.2) is 18.5 Å². The Morgan fingerprint density at radius 1 is 1.25 bits per heavy atom. The van der Waals surface area contributed by atoms with Gasteiger partial charge in [0.2, 0.25) is 10.0 Å². The maximum atomic E-state index is 11.0. The number of thiazole rings is 1. The first kappa shape index (κ1) is 15.0. The summed E-state index contributed by atoms with van der Waals surface area (Å²) in [5.41, 5.74) is 2.67. The van der Waals surface area contributed by atoms with Crippen LogP contribution in [0, 0.1) is 13.8 Å². The van der Waals surface area contributed by atoms with Gasteiger partial charge in [-0.1, -0.05) is 12.1 Å². The average Bonchev–Trinajstić information content (AvgIpc) is 2.65. The molecule has 7 heteroatoms. The molecule has 0 saturated heterocycles. The van der Waals surface area contributed by atoms with E-state index in [0.717, 1.165) is 16.4 Å². The van der Waals surface area contributed by atoms with Crippen LogP contribution in [0.3, 0.4) is 0 Å². The lowest BCUT2D eigenvalue weighted by Gasteiger charge is -2.06. The zero-order valence-electron chi connectivity index (χ0n) is 11.4. The molecule has 0 fully saturated rings. The second-order valence-corrected chi connectivity index (χ2v) is 7.50. The van der Waals surface area contributed by atoms with Crippen molar-refractivity contribution in [2.24, 2.45) is 5.14 Å². The van der Waals surface area contributed by atoms with Crippen LogP contribution in [0.1, 0.15) is 21.1 Å². The predicted octanol–water partition coefficient (Wildman–Crippen LogP) is 2.16. The Labute approximate surface area is 122 Å². The summed E-state index contributed by atoms with van der Waals surface area (Å²) >= 11 is 1.68. The lowest BCUT2D eigenvalue weighted by Crippen LogP contribution is -2.14. The Morgan fingerprint density at radius 2 is 1.90 bits per heavy atom. The van der Waals surface area contributed by atoms with Gasteiger partial charge in [0.1, 0.15) is 0 Å². The van der Waals surface area contributed by atoms with Gasteiger partial charge in [0.15, 0.2) is 0 Å². The van der Waals surface area contributed by atoms with Crippen LogP contribution in [0.25, 0.3) is 0 Å². The molecule has 20 heavy (non-hydrogen) atoms. The van der Waals surface area contributed by atoms with Gasteiger partial charge in [-0.15, -0.1) is 11.3 Å². The van der Waals surface area contributed by atoms with Gasteiger partial charge < -0.3 is 5.32 Å². The normalized spacial score (nSPS) is 11.6. The number of aryl methyl sites for hydroxylation is 2. The molecular weight excluding hydrogens is 294 g/mol. The zero-order valence-corrected chi connectivity index (χ0v) is 13.0. The van der Waals surface area contributed by atoms with Crippen molar-refractivity contribution >= 4 is 27.0 Å². The molecule has 0 bridgehead atoms. The second kappa shape index (κ2) is 5.90. The summed E-state index contributed by atoms with van der Waals surface area (Å²) in [7, 11) is -3.48. The summed E-state index contributed by atoms with van der Waals surface area (Å²) in [6, 6.07) is 7.22. The molecule has 0 spiro atoms. The van der Waals surface area contributed by atoms with Crippen molar-refractivity contribution in [3.05, 3.63) is 45.4 Å². The van der Waals surface area contributed by atoms with Gasteiger partial charge in [-0.2, -0.15) is 0 Å². The highest BCUT2D eigenvalue weighted by Crippen LogP contribution is 2.19. The van der Waals surface area contributed by atoms with Crippen molar-refractivity contribution in [3.63, 3.8) is 0 Å². The highest BCUT2D eigenvalue weighted by Gasteiger charge is 2.06. The first-order valence-electron chi connectivity index (χ1n) is 6.10. The molecule has 0 aliphatic carbocycles. The maximum absolute atomic E-state index is 11.0. The van der Waals surface area contributed by atoms with E-state index >= 15 is 0 Å². The number of rotatable bonds is 5. The number of anilines is 1. The third kappa shape index (κ3) is 4.29. The lowest BCUT2D eigenvalue weighted by molar-refractivity contribution is 0.597. The fourth-order valence-corrected chi connectivity index (χ4v) is 3.40. The highest BCUT2D eigenvalue weighted by atomic mass is 32.2. The number of benzene rings is 1. The SMILES string of the molecule is Cc1nc(C)c(CNc2ccc(CS(N)(=O)=O)cc2)s1. The minimum atomic E-state index is -3.48. The van der Waals surface area contributed by atoms with Gasteiger partial charge in [0, 0.05) is 10.6 Å². The molecule has 1 aromatic heterocycles. The summed E-state index contributed by atoms with van der Waals surface area (Å²) in [5, 5.41) is 9.36. The molecule has 0 radical (unpaired) electrons. The zero-order chi connectivity index (χ0) is 14.8. The van der Waals surface area contributed by atoms with E-state index in [0.29, 0.717) is 12.1 Å². The fraction of sp³-hybridized carbons (Fsp3) is 0.308. The van der Waals surface area contributed by atoms with E-state index in [-0.39, 0.29) is 5.75 Å². The summed E-state index contributed by atoms with van der Waals surface area (Å²) < 4.78 is 22.0. The fourth-order valence-electron chi connectivity index (χ4n) is 1.87. The van der Waals surface area contributed by atoms with Crippen LogP contribution in [-0.2, 0) is 22.3 Å². The van der Waals surface area contributed by atoms with Gasteiger partial charge in [0.25, 0.3) is 0 Å². The first-order chi connectivity index (χ1) is 9.33. The maximum Gasteiger partial charge on any atom is 0.213 e. The summed E-state index contributed by atoms with van der Waals surface area (Å²) in [4.78, 5) is 5.58. The number of primary sulfonamides is 1. The molecule has 3 N–H and O–H groups in total. The molecule has 2 aromatic rings. The minimum absolute atomic E-state index is 0.138. The second-order valence-electron chi connectivity index (χ2n) is 4.60. The Morgan fingerprint density at radius 3 is 2.40 bits per heavy atom. The predicted molar refractivity (Wildman–Crippen MR) is 82.2 cm³/mol. The van der Waals surface area contributed by atoms with Crippen LogP contribution in [0.4, 0.5) is 5.69 Å². The standard InChI is InChI=1S/C13H17N3O2S2/c1-9-13(19-10(2)16-9)7-15-12-5-3-11(4-6-12)8-20(14,17)18/h3-6,15H,7-8H2,1-2H3,(H2,14,17,18). The van der Waals surface area contributed by atoms with Gasteiger partial charge in [0.05, 0.1) is 23.0 Å². The summed E-state index contributed by atoms with van der Waals surface area (Å²) in [5.74, 6) is -0.138. The van der Waals surface area contributed by atoms with Crippen LogP contribution in [-0.4, -0.2) is 13.4 Å². The number of aromatic nitrogens is 1. The van der Waals surface area contributed by atoms with Crippen molar-refractivity contribution in [1.82, 2.24) is 4.98 Å². The first-order valence-corrected chi connectivity index (χ1v) is 8.63. The van der Waals surface area contributed by atoms with E-state index in [9.17, 15) is 8.42 Å². The van der Waals surface area contributed by atoms with E-state index in [1.54, 1.807) is 23.5 Å². The molecule has 0 unspecified atom stereocenters. The molecule has 2 rings (SSSR count). The quantitative estimate of drug-likeness (QED) is 0.886. The van der Waals surface area contributed by atoms with Gasteiger partial charge in [-0.3, -0.25) is 0 Å². The number of nitrogens with one attached hydrogen (secondary N) is 1. The number of nitrogens with zero attached hydrogens (tertiary/aromatic N) is 1. The Hall–Kier alpha value is -1.44. The molecule has 108 valence electrons. The highest BCUT2D eigenvalue weighted by molar-refractivity contribution is 7.88. The van der Waals surface area contributed by atoms with Crippen molar-refractivity contribution in [1.29, 1.82) is 0 Å². The molecule has 1 heterocycles. The number of hydrogen-bond acceptors (Lipinski definition) is 5. The van der Waals surface area contributed by atoms with E-state index in [1.165, 1.54) is 4.88 Å². The molecule has 0 atom stereocenters. The average molecular weight is 311 g/mol. The van der Waals surface area contributed by atoms with Crippen molar-refractivity contribution in [2.75, 3.05) is 5.32 Å². The van der Waals surface area contributed by atoms with E-state index in [1.807, 2.05) is 26.0 Å². The molecule has 0 aliphatic heterocycles. The largest absolute Gasteiger partial charge is 0.380 e. The third-order valence-electron chi connectivity index (χ3n) is 2.77. The number of hydrogen-bond donors (Lipinski definition) is 2. The Kier molecular flexibility index (Phi) is 4.42. The monoisotopic (exact) mass is 311 g/mol. The molecule has 5 nitrogen and oxygen atoms in total. The van der Waals surface area contributed by atoms with Crippen LogP contribution in [0.2, 0.25) is 0 Å². The summed E-state index contributed by atoms with van der Waals surface area (Å²) in [6.07, 6.45) is 0. The number of nitrogens with two attached hydrogens (primary N) is 1. The Balaban J connectivity index is 1.99. The molecule has 0 saturated carbocycles. The van der Waals surface area contributed by atoms with Crippen LogP contribution >= 0.6 is 11.3 Å². The molecule has 1 aromatic carbocycles. The van der Waals surface area contributed by atoms with Crippen molar-refractivity contribution < 1.29 is 8.42 Å². The van der Waals surface area contributed by atoms with E-state index in [4.69, 9.17) is 5.14 Å². The van der Waals surface area contributed by atoms with Crippen molar-refractivity contribution in [2.45, 2.75) is 26.1 Å². The van der Waals surface area contributed by atoms with Gasteiger partial charge in [-0.05, 0) is 31.5 Å². The van der Waals surface area contributed by atoms with Crippen LogP contribution in [0.5, 0.6) is 0 Å². The third-order valence-corrected chi connectivity index (χ3v) is 4.58. The lowest BCUT2D eigenvalue weighted by atomic mass is 10.2. The molecule has 0 amide bonds. The summed E-state index contributed by atoms with van der Waals surface area (Å²) in [6.45, 7) is 4.70. The number of sulfonamides is 1. The molecule has 0 aliphatic rings. The van der Waals surface area contributed by atoms with Crippen LogP contribution in [0.15, 0.2) is 24.3 Å². The van der Waals surface area contributed by atoms with E-state index in [2.05, 4.69) is 10.3 Å². The minimum Gasteiger partial charge on any atom is -0.380 e. The van der Waals surface area contributed by atoms with Crippen LogP contribution < -0.4 is 10.5 Å². The molecular formula is C13H17N3O2S2. The topological polar surface area (TPSA) is 85.1 Å². The van der Waals surface area contributed by atoms with Crippen molar-refractivity contribution in [3.8, 4) is 0 Å². The van der Waals surface area contributed by atoms with Gasteiger partial charge >= 0.3 is 0 Å². The van der Waals surface area contributed by atoms with E-state index < -0.39 is 10.0 Å². The smallest absolute Gasteiger partial charge is 0.213 e.